The molecule has 3 fully saturated rings. The van der Waals surface area contributed by atoms with Crippen LogP contribution in [0, 0.1) is 30.6 Å². The van der Waals surface area contributed by atoms with Crippen LogP contribution in [0.25, 0.3) is 0 Å². The number of aliphatic hydroxyl groups is 5. The summed E-state index contributed by atoms with van der Waals surface area (Å²) in [5.74, 6) is -4.00. The zero-order valence-electron chi connectivity index (χ0n) is 45.3. The lowest BCUT2D eigenvalue weighted by Crippen LogP contribution is -2.65. The molecular weight excluding hydrogens is 987 g/mol. The van der Waals surface area contributed by atoms with Gasteiger partial charge in [-0.05, 0) is 99.0 Å². The lowest BCUT2D eigenvalue weighted by Gasteiger charge is -2.50. The van der Waals surface area contributed by atoms with E-state index in [0.29, 0.717) is 12.0 Å². The Morgan fingerprint density at radius 3 is 2.07 bits per heavy atom. The Kier molecular flexibility index (Phi) is 22.8. The smallest absolute Gasteiger partial charge is 0.308 e. The molecule has 0 saturated carbocycles. The Labute approximate surface area is 437 Å². The second kappa shape index (κ2) is 27.2. The van der Waals surface area contributed by atoms with E-state index in [4.69, 9.17) is 46.8 Å². The highest BCUT2D eigenvalue weighted by atomic mass is 32.2. The molecule has 0 bridgehead atoms. The van der Waals surface area contributed by atoms with E-state index in [9.17, 15) is 43.5 Å². The van der Waals surface area contributed by atoms with Crippen LogP contribution in [0.15, 0.2) is 53.0 Å². The number of hydrogen-bond donors (Lipinski definition) is 5. The fraction of sp³-hybridized carbons (Fsp3) is 0.774. The zero-order chi connectivity index (χ0) is 55.0. The van der Waals surface area contributed by atoms with Crippen molar-refractivity contribution in [3.63, 3.8) is 0 Å². The van der Waals surface area contributed by atoms with Gasteiger partial charge < -0.3 is 73.1 Å². The predicted molar refractivity (Wildman–Crippen MR) is 269 cm³/mol. The van der Waals surface area contributed by atoms with Gasteiger partial charge in [0.05, 0.1) is 66.7 Å². The minimum atomic E-state index is -4.24. The van der Waals surface area contributed by atoms with Gasteiger partial charge in [0, 0.05) is 38.4 Å². The number of carbonyl (C=O) groups is 2. The number of hydrogen-bond acceptors (Lipinski definition) is 20. The number of ether oxygens (including phenoxy) is 9. The largest absolute Gasteiger partial charge is 0.462 e. The van der Waals surface area contributed by atoms with Crippen LogP contribution in [0.2, 0.25) is 0 Å². The molecule has 5 rings (SSSR count). The van der Waals surface area contributed by atoms with Crippen LogP contribution in [0.1, 0.15) is 93.1 Å². The summed E-state index contributed by atoms with van der Waals surface area (Å²) in [6.45, 7) is 15.0. The minimum absolute atomic E-state index is 0.0151. The van der Waals surface area contributed by atoms with Gasteiger partial charge in [0.25, 0.3) is 10.1 Å². The van der Waals surface area contributed by atoms with Gasteiger partial charge in [-0.1, -0.05) is 56.2 Å². The molecule has 1 aromatic carbocycles. The number of rotatable bonds is 16. The van der Waals surface area contributed by atoms with Crippen LogP contribution >= 0.6 is 0 Å². The van der Waals surface area contributed by atoms with Crippen molar-refractivity contribution in [3.8, 4) is 0 Å². The number of aliphatic hydroxyl groups excluding tert-OH is 4. The molecule has 422 valence electrons. The quantitative estimate of drug-likeness (QED) is 0.117. The van der Waals surface area contributed by atoms with Crippen molar-refractivity contribution in [2.45, 2.75) is 203 Å². The fourth-order valence-corrected chi connectivity index (χ4v) is 11.4. The molecule has 21 atom stereocenters. The van der Waals surface area contributed by atoms with E-state index in [1.165, 1.54) is 39.4 Å². The molecule has 4 heterocycles. The predicted octanol–water partition coefficient (Wildman–Crippen LogP) is 3.35. The summed E-state index contributed by atoms with van der Waals surface area (Å²) >= 11 is 0. The van der Waals surface area contributed by atoms with Crippen LogP contribution in [-0.2, 0) is 66.5 Å². The third-order valence-electron chi connectivity index (χ3n) is 15.1. The van der Waals surface area contributed by atoms with E-state index in [1.54, 1.807) is 78.7 Å². The SMILES string of the molecule is CC[C@H]1OC(=O)C[C@@H](O)[C@H](C)[C@@H](O[C@@H]2O[C@H](C)[C@@H](O[C@H]3C[C@@](C)(O)[C@@H](O)[C@H](C)O3)[C@H](N(C)C)[C@H]2O)[C@@H](CCOS(=O)(=O)c2ccc(C)cc2)C[C@@H](C)C(=O)/C=C/C(C)=C/[C@@H]1CO[C@@H]1O[C@H](C)[C@@H](O)[C@@H](OC)[C@H]1OC. The number of carbonyl (C=O) groups excluding carboxylic acids is 2. The first-order valence-corrected chi connectivity index (χ1v) is 27.3. The topological polar surface area (TPSA) is 265 Å². The molecule has 21 heteroatoms. The monoisotopic (exact) mass is 1070 g/mol. The highest BCUT2D eigenvalue weighted by molar-refractivity contribution is 7.86. The van der Waals surface area contributed by atoms with E-state index in [-0.39, 0.29) is 43.2 Å². The molecule has 0 unspecified atom stereocenters. The molecule has 5 N–H and O–H groups in total. The third kappa shape index (κ3) is 15.7. The Hall–Kier alpha value is -2.81. The van der Waals surface area contributed by atoms with Gasteiger partial charge in [0.15, 0.2) is 24.7 Å². The Morgan fingerprint density at radius 2 is 1.46 bits per heavy atom. The van der Waals surface area contributed by atoms with Gasteiger partial charge >= 0.3 is 5.97 Å². The Bertz CT molecular complexity index is 2120. The number of likely N-dealkylation sites (N-methyl/N-ethyl adjacent to an activating group) is 1. The van der Waals surface area contributed by atoms with Crippen molar-refractivity contribution in [3.05, 3.63) is 53.6 Å². The second-order valence-electron chi connectivity index (χ2n) is 21.2. The van der Waals surface area contributed by atoms with Crippen LogP contribution in [0.3, 0.4) is 0 Å². The molecule has 1 aromatic rings. The minimum Gasteiger partial charge on any atom is -0.462 e. The molecular formula is C53H85NO19S. The summed E-state index contributed by atoms with van der Waals surface area (Å²) < 4.78 is 87.8. The van der Waals surface area contributed by atoms with Crippen molar-refractivity contribution in [1.29, 1.82) is 0 Å². The number of cyclic esters (lactones) is 1. The van der Waals surface area contributed by atoms with Gasteiger partial charge in [-0.2, -0.15) is 8.42 Å². The molecule has 0 spiro atoms. The van der Waals surface area contributed by atoms with Crippen molar-refractivity contribution < 1.29 is 90.4 Å². The Balaban J connectivity index is 1.48. The van der Waals surface area contributed by atoms with E-state index in [1.807, 2.05) is 19.9 Å². The summed E-state index contributed by atoms with van der Waals surface area (Å²) in [5.41, 5.74) is -0.0240. The summed E-state index contributed by atoms with van der Waals surface area (Å²) in [6.07, 6.45) is -10.2. The lowest BCUT2D eigenvalue weighted by atomic mass is 9.79. The van der Waals surface area contributed by atoms with Crippen molar-refractivity contribution >= 4 is 21.9 Å². The molecule has 0 amide bonds. The molecule has 3 saturated heterocycles. The van der Waals surface area contributed by atoms with Gasteiger partial charge in [-0.25, -0.2) is 0 Å². The summed E-state index contributed by atoms with van der Waals surface area (Å²) in [7, 11) is 2.15. The number of nitrogens with zero attached hydrogens (tertiary/aromatic N) is 1. The highest BCUT2D eigenvalue weighted by Crippen LogP contribution is 2.38. The normalized spacial score (nSPS) is 41.6. The third-order valence-corrected chi connectivity index (χ3v) is 16.4. The zero-order valence-corrected chi connectivity index (χ0v) is 46.2. The van der Waals surface area contributed by atoms with Gasteiger partial charge in [0.2, 0.25) is 0 Å². The number of benzene rings is 1. The molecule has 0 radical (unpaired) electrons. The van der Waals surface area contributed by atoms with E-state index in [0.717, 1.165) is 5.56 Å². The van der Waals surface area contributed by atoms with Gasteiger partial charge in [0.1, 0.15) is 42.7 Å². The number of methoxy groups -OCH3 is 2. The average Bonchev–Trinajstić information content (AvgIpc) is 3.33. The number of aryl methyl sites for hydroxylation is 1. The lowest BCUT2D eigenvalue weighted by molar-refractivity contribution is -0.342. The Morgan fingerprint density at radius 1 is 0.811 bits per heavy atom. The maximum absolute atomic E-state index is 14.1. The van der Waals surface area contributed by atoms with E-state index in [2.05, 4.69) is 0 Å². The highest BCUT2D eigenvalue weighted by Gasteiger charge is 2.52. The number of esters is 1. The molecule has 4 aliphatic heterocycles. The molecule has 4 aliphatic rings. The fourth-order valence-electron chi connectivity index (χ4n) is 10.5. The van der Waals surface area contributed by atoms with Gasteiger partial charge in [-0.15, -0.1) is 0 Å². The van der Waals surface area contributed by atoms with E-state index >= 15 is 0 Å². The van der Waals surface area contributed by atoms with Crippen LogP contribution in [0.4, 0.5) is 0 Å². The van der Waals surface area contributed by atoms with Crippen LogP contribution < -0.4 is 0 Å². The van der Waals surface area contributed by atoms with Gasteiger partial charge in [-0.3, -0.25) is 13.8 Å². The van der Waals surface area contributed by atoms with E-state index < -0.39 is 150 Å². The molecule has 20 nitrogen and oxygen atoms in total. The van der Waals surface area contributed by atoms with Crippen molar-refractivity contribution in [2.75, 3.05) is 41.5 Å². The first kappa shape index (κ1) is 62.0. The second-order valence-corrected chi connectivity index (χ2v) is 22.8. The standard InChI is InChI=1S/C53H85NO19S/c1-14-40-36(27-66-52-49(65-13)48(64-12)44(58)32(6)69-52)23-29(3)17-20-38(55)30(4)24-35(21-22-67-74(62,63)37-18-15-28(2)16-19-37)46(31(5)39(56)25-41(57)71-40)73-51-45(59)43(54(10)11)47(33(7)70-51)72-42-26-53(9,61)50(60)34(8)68-42/h15-20,23,30-36,39-40,42-52,56,58-61H,14,21-22,24-27H2,1-13H3/b20-17+,29-23+/t30-,31+,32-,33-,34+,35+,36-,39-,40-,42+,43-,44-,45-,46-,47-,48-,49-,50+,51+,52-,53-/m1/s1. The average molecular weight is 1070 g/mol. The summed E-state index contributed by atoms with van der Waals surface area (Å²) in [5, 5.41) is 56.6. The first-order chi connectivity index (χ1) is 34.7. The maximum atomic E-state index is 14.1. The number of ketones is 1. The first-order valence-electron chi connectivity index (χ1n) is 25.8. The van der Waals surface area contributed by atoms with Crippen LogP contribution in [-0.4, -0.2) is 196 Å². The molecule has 0 aliphatic carbocycles. The molecule has 74 heavy (non-hydrogen) atoms. The molecule has 0 aromatic heterocycles. The summed E-state index contributed by atoms with van der Waals surface area (Å²) in [6, 6.07) is 5.39. The maximum Gasteiger partial charge on any atom is 0.308 e. The summed E-state index contributed by atoms with van der Waals surface area (Å²) in [4.78, 5) is 29.9. The van der Waals surface area contributed by atoms with Crippen LogP contribution in [0.5, 0.6) is 0 Å². The van der Waals surface area contributed by atoms with Crippen molar-refractivity contribution in [1.82, 2.24) is 4.90 Å². The van der Waals surface area contributed by atoms with Crippen molar-refractivity contribution in [2.24, 2.45) is 23.7 Å². The number of allylic oxidation sites excluding steroid dienone is 3.